The predicted molar refractivity (Wildman–Crippen MR) is 241 cm³/mol. The van der Waals surface area contributed by atoms with E-state index < -0.39 is 0 Å². The maximum absolute atomic E-state index is 4.29. The molecule has 0 fully saturated rings. The molecule has 0 aromatic heterocycles. The molecule has 10 rings (SSSR count). The average molecular weight is 715 g/mol. The highest BCUT2D eigenvalue weighted by atomic mass is 15.1. The summed E-state index contributed by atoms with van der Waals surface area (Å²) in [5, 5.41) is 5.09. The van der Waals surface area contributed by atoms with E-state index in [4.69, 9.17) is 0 Å². The molecule has 56 heavy (non-hydrogen) atoms. The van der Waals surface area contributed by atoms with E-state index in [1.165, 1.54) is 71.6 Å². The summed E-state index contributed by atoms with van der Waals surface area (Å²) in [6.45, 7) is 5.85. The molecule has 0 bridgehead atoms. The first-order chi connectivity index (χ1) is 27.7. The number of hydrogen-bond donors (Lipinski definition) is 0. The standard InChI is InChI=1S/C54H38N2/c1-3-17-39-35-42(30-33-49(39)55-2)56(40-23-11-6-12-24-40)41-25-15-22-38(34-41)43-31-32-48-52-44(43)28-16-29-47(52)53-50(36-18-7-4-8-19-36)45-26-13-14-27-46(45)51(54(48)53)37-20-9-5-10-21-37/h3-35H,2H2,1H3/b17-3-. The van der Waals surface area contributed by atoms with Crippen molar-refractivity contribution in [2.24, 2.45) is 4.99 Å². The smallest absolute Gasteiger partial charge is 0.0696 e. The van der Waals surface area contributed by atoms with Crippen LogP contribution in [0.5, 0.6) is 0 Å². The quantitative estimate of drug-likeness (QED) is 0.143. The van der Waals surface area contributed by atoms with Gasteiger partial charge >= 0.3 is 0 Å². The Labute approximate surface area is 328 Å². The van der Waals surface area contributed by atoms with Crippen LogP contribution in [-0.2, 0) is 0 Å². The Morgan fingerprint density at radius 1 is 0.429 bits per heavy atom. The summed E-state index contributed by atoms with van der Waals surface area (Å²) in [6.07, 6.45) is 4.14. The Bertz CT molecular complexity index is 2890. The first-order valence-corrected chi connectivity index (χ1v) is 19.2. The largest absolute Gasteiger partial charge is 0.310 e. The van der Waals surface area contributed by atoms with E-state index >= 15 is 0 Å². The molecule has 0 aliphatic heterocycles. The van der Waals surface area contributed by atoms with Gasteiger partial charge in [-0.25, -0.2) is 0 Å². The van der Waals surface area contributed by atoms with Crippen molar-refractivity contribution >= 4 is 57.1 Å². The third kappa shape index (κ3) is 5.38. The fourth-order valence-electron chi connectivity index (χ4n) is 8.84. The number of aliphatic imine (C=N–C) groups is 1. The van der Waals surface area contributed by atoms with Crippen LogP contribution < -0.4 is 4.90 Å². The summed E-state index contributed by atoms with van der Waals surface area (Å²) in [4.78, 5) is 6.62. The molecule has 9 aromatic rings. The van der Waals surface area contributed by atoms with Crippen LogP contribution in [0.1, 0.15) is 12.5 Å². The zero-order valence-electron chi connectivity index (χ0n) is 31.2. The van der Waals surface area contributed by atoms with E-state index in [0.29, 0.717) is 0 Å². The Morgan fingerprint density at radius 2 is 0.946 bits per heavy atom. The number of allylic oxidation sites excluding steroid dienone is 1. The van der Waals surface area contributed by atoms with Crippen molar-refractivity contribution in [2.75, 3.05) is 4.90 Å². The minimum absolute atomic E-state index is 0.862. The first-order valence-electron chi connectivity index (χ1n) is 19.2. The van der Waals surface area contributed by atoms with E-state index in [1.807, 2.05) is 13.0 Å². The second-order valence-electron chi connectivity index (χ2n) is 14.3. The van der Waals surface area contributed by atoms with Crippen molar-refractivity contribution in [3.63, 3.8) is 0 Å². The van der Waals surface area contributed by atoms with Crippen LogP contribution >= 0.6 is 0 Å². The van der Waals surface area contributed by atoms with Gasteiger partial charge in [-0.05, 0) is 133 Å². The molecule has 1 aliphatic carbocycles. The second-order valence-corrected chi connectivity index (χ2v) is 14.3. The third-order valence-electron chi connectivity index (χ3n) is 11.1. The molecular weight excluding hydrogens is 677 g/mol. The summed E-state index contributed by atoms with van der Waals surface area (Å²) < 4.78 is 0. The molecule has 2 nitrogen and oxygen atoms in total. The van der Waals surface area contributed by atoms with E-state index in [1.54, 1.807) is 0 Å². The summed E-state index contributed by atoms with van der Waals surface area (Å²) >= 11 is 0. The van der Waals surface area contributed by atoms with Crippen molar-refractivity contribution in [2.45, 2.75) is 6.92 Å². The molecule has 0 amide bonds. The summed E-state index contributed by atoms with van der Waals surface area (Å²) in [5.41, 5.74) is 17.7. The monoisotopic (exact) mass is 714 g/mol. The molecular formula is C54H38N2. The highest BCUT2D eigenvalue weighted by Gasteiger charge is 2.31. The second kappa shape index (κ2) is 13.8. The Morgan fingerprint density at radius 3 is 1.59 bits per heavy atom. The number of nitrogens with zero attached hydrogens (tertiary/aromatic N) is 2. The topological polar surface area (TPSA) is 15.6 Å². The van der Waals surface area contributed by atoms with Gasteiger partial charge < -0.3 is 4.90 Å². The highest BCUT2D eigenvalue weighted by molar-refractivity contribution is 6.28. The van der Waals surface area contributed by atoms with Gasteiger partial charge in [0.1, 0.15) is 0 Å². The van der Waals surface area contributed by atoms with Gasteiger partial charge in [-0.3, -0.25) is 4.99 Å². The summed E-state index contributed by atoms with van der Waals surface area (Å²) in [7, 11) is 0. The minimum Gasteiger partial charge on any atom is -0.310 e. The highest BCUT2D eigenvalue weighted by Crippen LogP contribution is 2.58. The van der Waals surface area contributed by atoms with Crippen LogP contribution in [0.2, 0.25) is 0 Å². The molecule has 0 saturated carbocycles. The Kier molecular flexibility index (Phi) is 8.23. The van der Waals surface area contributed by atoms with Gasteiger partial charge in [0.2, 0.25) is 0 Å². The van der Waals surface area contributed by atoms with E-state index in [9.17, 15) is 0 Å². The van der Waals surface area contributed by atoms with Gasteiger partial charge in [0.15, 0.2) is 0 Å². The minimum atomic E-state index is 0.862. The lowest BCUT2D eigenvalue weighted by atomic mass is 9.82. The van der Waals surface area contributed by atoms with Gasteiger partial charge in [-0.1, -0.05) is 158 Å². The number of para-hydroxylation sites is 1. The molecule has 1 aliphatic rings. The average Bonchev–Trinajstić information content (AvgIpc) is 3.59. The van der Waals surface area contributed by atoms with Gasteiger partial charge in [0, 0.05) is 22.6 Å². The fourth-order valence-corrected chi connectivity index (χ4v) is 8.84. The van der Waals surface area contributed by atoms with Crippen LogP contribution in [0.3, 0.4) is 0 Å². The maximum atomic E-state index is 4.29. The Hall–Kier alpha value is -7.29. The van der Waals surface area contributed by atoms with Crippen molar-refractivity contribution in [3.8, 4) is 55.6 Å². The maximum Gasteiger partial charge on any atom is 0.0696 e. The van der Waals surface area contributed by atoms with Crippen LogP contribution in [-0.4, -0.2) is 6.72 Å². The molecule has 0 spiro atoms. The van der Waals surface area contributed by atoms with Crippen molar-refractivity contribution in [1.82, 2.24) is 0 Å². The fraction of sp³-hybridized carbons (Fsp3) is 0.0185. The van der Waals surface area contributed by atoms with Crippen LogP contribution in [0, 0.1) is 0 Å². The lowest BCUT2D eigenvalue weighted by Gasteiger charge is -2.26. The van der Waals surface area contributed by atoms with E-state index in [2.05, 4.69) is 211 Å². The molecule has 264 valence electrons. The van der Waals surface area contributed by atoms with Crippen molar-refractivity contribution in [1.29, 1.82) is 0 Å². The number of anilines is 3. The normalized spacial score (nSPS) is 11.7. The number of hydrogen-bond acceptors (Lipinski definition) is 2. The zero-order valence-corrected chi connectivity index (χ0v) is 31.2. The van der Waals surface area contributed by atoms with Crippen molar-refractivity contribution in [3.05, 3.63) is 200 Å². The molecule has 0 atom stereocenters. The van der Waals surface area contributed by atoms with Gasteiger partial charge in [-0.15, -0.1) is 0 Å². The van der Waals surface area contributed by atoms with Crippen LogP contribution in [0.4, 0.5) is 22.7 Å². The molecule has 9 aromatic carbocycles. The number of benzene rings is 9. The van der Waals surface area contributed by atoms with Crippen LogP contribution in [0.25, 0.3) is 83.3 Å². The molecule has 0 radical (unpaired) electrons. The van der Waals surface area contributed by atoms with Crippen LogP contribution in [0.15, 0.2) is 199 Å². The zero-order chi connectivity index (χ0) is 37.6. The first kappa shape index (κ1) is 33.3. The lowest BCUT2D eigenvalue weighted by molar-refractivity contribution is 1.28. The van der Waals surface area contributed by atoms with Gasteiger partial charge in [0.25, 0.3) is 0 Å². The summed E-state index contributed by atoms with van der Waals surface area (Å²) in [5.74, 6) is 0. The van der Waals surface area contributed by atoms with Gasteiger partial charge in [0.05, 0.1) is 5.69 Å². The van der Waals surface area contributed by atoms with Gasteiger partial charge in [-0.2, -0.15) is 0 Å². The molecule has 0 N–H and O–H groups in total. The Balaban J connectivity index is 1.21. The number of rotatable bonds is 8. The molecule has 0 saturated heterocycles. The molecule has 0 heterocycles. The lowest BCUT2D eigenvalue weighted by Crippen LogP contribution is -2.10. The molecule has 0 unspecified atom stereocenters. The van der Waals surface area contributed by atoms with E-state index in [0.717, 1.165) is 33.9 Å². The third-order valence-corrected chi connectivity index (χ3v) is 11.1. The van der Waals surface area contributed by atoms with Crippen molar-refractivity contribution < 1.29 is 0 Å². The predicted octanol–water partition coefficient (Wildman–Crippen LogP) is 15.5. The SMILES string of the molecule is C=Nc1ccc(N(c2ccccc2)c2cccc(-c3ccc4c5c(cccc35)-c3c-4c(-c4ccccc4)c4ccccc4c3-c3ccccc3)c2)cc1/C=C\C. The number of fused-ring (bicyclic) bond motifs is 4. The molecule has 2 heteroatoms. The van der Waals surface area contributed by atoms with E-state index in [-0.39, 0.29) is 0 Å². The summed E-state index contributed by atoms with van der Waals surface area (Å²) in [6, 6.07) is 68.3.